The molecule has 0 saturated heterocycles. The number of terminal acetylenes is 1. The second kappa shape index (κ2) is 8.45. The molecule has 2 unspecified atom stereocenters. The van der Waals surface area contributed by atoms with Gasteiger partial charge in [0.25, 0.3) is 0 Å². The number of urea groups is 1. The van der Waals surface area contributed by atoms with Gasteiger partial charge in [-0.2, -0.15) is 0 Å². The van der Waals surface area contributed by atoms with Gasteiger partial charge in [0.05, 0.1) is 6.42 Å². The Balaban J connectivity index is 4.11. The van der Waals surface area contributed by atoms with E-state index in [-0.39, 0.29) is 24.5 Å². The fourth-order valence-corrected chi connectivity index (χ4v) is 1.46. The molecule has 0 aliphatic heterocycles. The second-order valence-electron chi connectivity index (χ2n) is 4.01. The SMILES string of the molecule is C#CCC(C)NC(=O)NC(CCC)CC(=O)O. The molecule has 0 aliphatic carbocycles. The minimum absolute atomic E-state index is 0.0647. The number of hydrogen-bond donors (Lipinski definition) is 3. The van der Waals surface area contributed by atoms with Crippen LogP contribution in [-0.4, -0.2) is 29.2 Å². The molecular weight excluding hydrogens is 220 g/mol. The summed E-state index contributed by atoms with van der Waals surface area (Å²) in [7, 11) is 0. The molecule has 0 bridgehead atoms. The zero-order chi connectivity index (χ0) is 13.3. The largest absolute Gasteiger partial charge is 0.481 e. The van der Waals surface area contributed by atoms with E-state index in [1.807, 2.05) is 6.92 Å². The average Bonchev–Trinajstić information content (AvgIpc) is 2.16. The van der Waals surface area contributed by atoms with Crippen LogP contribution in [0.25, 0.3) is 0 Å². The number of carbonyl (C=O) groups excluding carboxylic acids is 1. The van der Waals surface area contributed by atoms with E-state index in [2.05, 4.69) is 16.6 Å². The molecule has 0 aliphatic rings. The van der Waals surface area contributed by atoms with Crippen molar-refractivity contribution in [3.63, 3.8) is 0 Å². The standard InChI is InChI=1S/C12H20N2O3/c1-4-6-9(3)13-12(17)14-10(7-5-2)8-11(15)16/h1,9-10H,5-8H2,2-3H3,(H,15,16)(H2,13,14,17). The number of carboxylic acid groups (broad SMARTS) is 1. The van der Waals surface area contributed by atoms with Crippen LogP contribution >= 0.6 is 0 Å². The third-order valence-corrected chi connectivity index (χ3v) is 2.19. The van der Waals surface area contributed by atoms with E-state index >= 15 is 0 Å². The highest BCUT2D eigenvalue weighted by atomic mass is 16.4. The van der Waals surface area contributed by atoms with Crippen LogP contribution in [0.1, 0.15) is 39.5 Å². The third-order valence-electron chi connectivity index (χ3n) is 2.19. The first-order chi connectivity index (χ1) is 7.99. The van der Waals surface area contributed by atoms with Crippen molar-refractivity contribution in [2.24, 2.45) is 0 Å². The van der Waals surface area contributed by atoms with Gasteiger partial charge in [0.1, 0.15) is 0 Å². The van der Waals surface area contributed by atoms with E-state index in [1.54, 1.807) is 6.92 Å². The van der Waals surface area contributed by atoms with Gasteiger partial charge in [0.2, 0.25) is 0 Å². The van der Waals surface area contributed by atoms with E-state index in [0.717, 1.165) is 6.42 Å². The van der Waals surface area contributed by atoms with Gasteiger partial charge in [-0.25, -0.2) is 4.79 Å². The first-order valence-corrected chi connectivity index (χ1v) is 5.71. The van der Waals surface area contributed by atoms with Crippen molar-refractivity contribution in [1.29, 1.82) is 0 Å². The fraction of sp³-hybridized carbons (Fsp3) is 0.667. The maximum atomic E-state index is 11.5. The molecule has 5 nitrogen and oxygen atoms in total. The van der Waals surface area contributed by atoms with Crippen LogP contribution in [0.4, 0.5) is 4.79 Å². The molecule has 0 fully saturated rings. The highest BCUT2D eigenvalue weighted by molar-refractivity contribution is 5.76. The van der Waals surface area contributed by atoms with Gasteiger partial charge < -0.3 is 15.7 Å². The molecule has 17 heavy (non-hydrogen) atoms. The monoisotopic (exact) mass is 240 g/mol. The third kappa shape index (κ3) is 8.14. The van der Waals surface area contributed by atoms with Crippen LogP contribution in [-0.2, 0) is 4.79 Å². The number of carboxylic acids is 1. The minimum Gasteiger partial charge on any atom is -0.481 e. The van der Waals surface area contributed by atoms with Crippen LogP contribution in [0.5, 0.6) is 0 Å². The summed E-state index contributed by atoms with van der Waals surface area (Å²) in [5.74, 6) is 1.53. The first-order valence-electron chi connectivity index (χ1n) is 5.71. The van der Waals surface area contributed by atoms with E-state index in [9.17, 15) is 9.59 Å². The van der Waals surface area contributed by atoms with Crippen molar-refractivity contribution >= 4 is 12.0 Å². The van der Waals surface area contributed by atoms with Crippen molar-refractivity contribution in [3.05, 3.63) is 0 Å². The summed E-state index contributed by atoms with van der Waals surface area (Å²) in [4.78, 5) is 22.1. The van der Waals surface area contributed by atoms with Gasteiger partial charge in [-0.15, -0.1) is 12.3 Å². The molecule has 3 N–H and O–H groups in total. The zero-order valence-electron chi connectivity index (χ0n) is 10.3. The highest BCUT2D eigenvalue weighted by Crippen LogP contribution is 2.02. The molecule has 0 radical (unpaired) electrons. The Morgan fingerprint density at radius 3 is 2.53 bits per heavy atom. The van der Waals surface area contributed by atoms with E-state index < -0.39 is 5.97 Å². The Morgan fingerprint density at radius 2 is 2.06 bits per heavy atom. The van der Waals surface area contributed by atoms with Crippen LogP contribution in [0, 0.1) is 12.3 Å². The Labute approximate surface area is 102 Å². The predicted octanol–water partition coefficient (Wildman–Crippen LogP) is 1.34. The van der Waals surface area contributed by atoms with Crippen molar-refractivity contribution in [2.45, 2.75) is 51.6 Å². The number of rotatable bonds is 7. The molecular formula is C12H20N2O3. The molecule has 0 heterocycles. The molecule has 2 amide bonds. The smallest absolute Gasteiger partial charge is 0.315 e. The lowest BCUT2D eigenvalue weighted by Gasteiger charge is -2.18. The lowest BCUT2D eigenvalue weighted by Crippen LogP contribution is -2.46. The van der Waals surface area contributed by atoms with Crippen molar-refractivity contribution < 1.29 is 14.7 Å². The van der Waals surface area contributed by atoms with Crippen LogP contribution in [0.3, 0.4) is 0 Å². The topological polar surface area (TPSA) is 78.4 Å². The first kappa shape index (κ1) is 15.3. The summed E-state index contributed by atoms with van der Waals surface area (Å²) in [5, 5.41) is 14.0. The summed E-state index contributed by atoms with van der Waals surface area (Å²) in [6.45, 7) is 3.74. The number of aliphatic carboxylic acids is 1. The summed E-state index contributed by atoms with van der Waals surface area (Å²) in [6.07, 6.45) is 6.96. The lowest BCUT2D eigenvalue weighted by molar-refractivity contribution is -0.137. The maximum Gasteiger partial charge on any atom is 0.315 e. The van der Waals surface area contributed by atoms with Gasteiger partial charge in [-0.3, -0.25) is 4.79 Å². The molecule has 2 atom stereocenters. The van der Waals surface area contributed by atoms with Crippen molar-refractivity contribution in [3.8, 4) is 12.3 Å². The zero-order valence-corrected chi connectivity index (χ0v) is 10.3. The summed E-state index contributed by atoms with van der Waals surface area (Å²) < 4.78 is 0. The highest BCUT2D eigenvalue weighted by Gasteiger charge is 2.15. The molecule has 96 valence electrons. The second-order valence-corrected chi connectivity index (χ2v) is 4.01. The van der Waals surface area contributed by atoms with E-state index in [1.165, 1.54) is 0 Å². The molecule has 0 saturated carbocycles. The van der Waals surface area contributed by atoms with Gasteiger partial charge >= 0.3 is 12.0 Å². The van der Waals surface area contributed by atoms with Gasteiger partial charge in [-0.05, 0) is 13.3 Å². The molecule has 0 aromatic rings. The minimum atomic E-state index is -0.916. The number of amides is 2. The molecule has 5 heteroatoms. The summed E-state index contributed by atoms with van der Waals surface area (Å²) in [6, 6.07) is -0.824. The van der Waals surface area contributed by atoms with Crippen molar-refractivity contribution in [2.75, 3.05) is 0 Å². The normalized spacial score (nSPS) is 13.2. The van der Waals surface area contributed by atoms with Gasteiger partial charge in [0, 0.05) is 18.5 Å². The predicted molar refractivity (Wildman–Crippen MR) is 65.5 cm³/mol. The lowest BCUT2D eigenvalue weighted by atomic mass is 10.1. The molecule has 0 spiro atoms. The maximum absolute atomic E-state index is 11.5. The molecule has 0 aromatic carbocycles. The summed E-state index contributed by atoms with van der Waals surface area (Å²) >= 11 is 0. The average molecular weight is 240 g/mol. The molecule has 0 aromatic heterocycles. The van der Waals surface area contributed by atoms with Crippen LogP contribution in [0.2, 0.25) is 0 Å². The van der Waals surface area contributed by atoms with Crippen molar-refractivity contribution in [1.82, 2.24) is 10.6 Å². The number of carbonyl (C=O) groups is 2. The van der Waals surface area contributed by atoms with Crippen LogP contribution in [0.15, 0.2) is 0 Å². The van der Waals surface area contributed by atoms with E-state index in [0.29, 0.717) is 12.8 Å². The number of hydrogen-bond acceptors (Lipinski definition) is 2. The quantitative estimate of drug-likeness (QED) is 0.588. The van der Waals surface area contributed by atoms with Gasteiger partial charge in [-0.1, -0.05) is 13.3 Å². The van der Waals surface area contributed by atoms with E-state index in [4.69, 9.17) is 11.5 Å². The number of nitrogens with one attached hydrogen (secondary N) is 2. The fourth-order valence-electron chi connectivity index (χ4n) is 1.46. The summed E-state index contributed by atoms with van der Waals surface area (Å²) in [5.41, 5.74) is 0. The Hall–Kier alpha value is -1.70. The Kier molecular flexibility index (Phi) is 7.61. The van der Waals surface area contributed by atoms with Crippen LogP contribution < -0.4 is 10.6 Å². The Bertz CT molecular complexity index is 297. The Morgan fingerprint density at radius 1 is 1.41 bits per heavy atom. The molecule has 0 rings (SSSR count). The van der Waals surface area contributed by atoms with Gasteiger partial charge in [0.15, 0.2) is 0 Å².